The summed E-state index contributed by atoms with van der Waals surface area (Å²) in [6.45, 7) is 9.00. The van der Waals surface area contributed by atoms with Gasteiger partial charge in [-0.2, -0.15) is 0 Å². The summed E-state index contributed by atoms with van der Waals surface area (Å²) in [5.74, 6) is 1.42. The van der Waals surface area contributed by atoms with E-state index in [1.54, 1.807) is 0 Å². The number of halogens is 1. The van der Waals surface area contributed by atoms with E-state index in [4.69, 9.17) is 16.3 Å². The predicted molar refractivity (Wildman–Crippen MR) is 105 cm³/mol. The molecule has 142 valence electrons. The van der Waals surface area contributed by atoms with E-state index in [9.17, 15) is 0 Å². The normalized spacial score (nSPS) is 21.4. The second-order valence-corrected chi connectivity index (χ2v) is 8.94. The number of hydrogen-bond acceptors (Lipinski definition) is 1. The SMILES string of the molecule is C[NH+](C)CC[NH2+]CC[C@@H](Cc1ccccc1Cl)[C@@H]1CCOC(C)(C)C1. The molecule has 2 atom stereocenters. The van der Waals surface area contributed by atoms with Crippen molar-refractivity contribution in [1.82, 2.24) is 0 Å². The maximum absolute atomic E-state index is 6.45. The fourth-order valence-corrected chi connectivity index (χ4v) is 4.21. The highest BCUT2D eigenvalue weighted by molar-refractivity contribution is 6.31. The zero-order chi connectivity index (χ0) is 18.3. The van der Waals surface area contributed by atoms with Crippen molar-refractivity contribution in [3.63, 3.8) is 0 Å². The Bertz CT molecular complexity index is 518. The van der Waals surface area contributed by atoms with Gasteiger partial charge in [-0.05, 0) is 63.0 Å². The molecule has 1 aromatic rings. The first kappa shape index (κ1) is 20.7. The minimum absolute atomic E-state index is 0.0135. The largest absolute Gasteiger partial charge is 0.376 e. The average molecular weight is 369 g/mol. The van der Waals surface area contributed by atoms with Gasteiger partial charge < -0.3 is 15.0 Å². The molecule has 2 rings (SSSR count). The van der Waals surface area contributed by atoms with E-state index >= 15 is 0 Å². The van der Waals surface area contributed by atoms with Crippen LogP contribution in [0, 0.1) is 11.8 Å². The van der Waals surface area contributed by atoms with Crippen molar-refractivity contribution in [1.29, 1.82) is 0 Å². The molecule has 0 bridgehead atoms. The van der Waals surface area contributed by atoms with Crippen molar-refractivity contribution in [3.8, 4) is 0 Å². The topological polar surface area (TPSA) is 30.3 Å². The molecule has 0 unspecified atom stereocenters. The highest BCUT2D eigenvalue weighted by Gasteiger charge is 2.33. The summed E-state index contributed by atoms with van der Waals surface area (Å²) in [7, 11) is 4.44. The average Bonchev–Trinajstić information content (AvgIpc) is 2.54. The number of quaternary nitrogens is 2. The Hall–Kier alpha value is -0.610. The molecule has 4 heteroatoms. The molecule has 1 heterocycles. The number of nitrogens with one attached hydrogen (secondary N) is 1. The van der Waals surface area contributed by atoms with Crippen LogP contribution in [0.3, 0.4) is 0 Å². The van der Waals surface area contributed by atoms with Crippen LogP contribution in [0.15, 0.2) is 24.3 Å². The van der Waals surface area contributed by atoms with Crippen LogP contribution < -0.4 is 10.2 Å². The molecule has 1 aliphatic heterocycles. The molecular weight excluding hydrogens is 332 g/mol. The number of benzene rings is 1. The highest BCUT2D eigenvalue weighted by Crippen LogP contribution is 2.36. The highest BCUT2D eigenvalue weighted by atomic mass is 35.5. The summed E-state index contributed by atoms with van der Waals surface area (Å²) in [5.41, 5.74) is 1.32. The van der Waals surface area contributed by atoms with Crippen molar-refractivity contribution in [2.24, 2.45) is 11.8 Å². The van der Waals surface area contributed by atoms with E-state index in [0.29, 0.717) is 5.92 Å². The van der Waals surface area contributed by atoms with Crippen LogP contribution in [0.2, 0.25) is 5.02 Å². The third kappa shape index (κ3) is 7.26. The fourth-order valence-electron chi connectivity index (χ4n) is 4.00. The second-order valence-electron chi connectivity index (χ2n) is 8.53. The van der Waals surface area contributed by atoms with Crippen LogP contribution in [-0.2, 0) is 11.2 Å². The van der Waals surface area contributed by atoms with Crippen molar-refractivity contribution in [3.05, 3.63) is 34.9 Å². The van der Waals surface area contributed by atoms with Crippen LogP contribution >= 0.6 is 11.6 Å². The molecule has 0 aliphatic carbocycles. The Balaban J connectivity index is 1.97. The summed E-state index contributed by atoms with van der Waals surface area (Å²) in [6.07, 6.45) is 4.69. The molecule has 0 radical (unpaired) electrons. The quantitative estimate of drug-likeness (QED) is 0.640. The van der Waals surface area contributed by atoms with Gasteiger partial charge >= 0.3 is 0 Å². The van der Waals surface area contributed by atoms with Gasteiger partial charge in [-0.3, -0.25) is 0 Å². The summed E-state index contributed by atoms with van der Waals surface area (Å²) >= 11 is 6.45. The van der Waals surface area contributed by atoms with E-state index in [1.165, 1.54) is 42.9 Å². The third-order valence-corrected chi connectivity index (χ3v) is 5.80. The zero-order valence-electron chi connectivity index (χ0n) is 16.5. The Morgan fingerprint density at radius 3 is 2.72 bits per heavy atom. The van der Waals surface area contributed by atoms with E-state index in [0.717, 1.165) is 30.4 Å². The Kier molecular flexibility index (Phi) is 8.21. The summed E-state index contributed by atoms with van der Waals surface area (Å²) < 4.78 is 5.95. The summed E-state index contributed by atoms with van der Waals surface area (Å²) in [6, 6.07) is 8.35. The van der Waals surface area contributed by atoms with Crippen LogP contribution in [0.1, 0.15) is 38.7 Å². The molecule has 1 saturated heterocycles. The standard InChI is InChI=1S/C21H35ClN2O/c1-21(2)16-19(10-14-25-21)17(9-11-23-12-13-24(3)4)15-18-7-5-6-8-20(18)22/h5-8,17,19,23H,9-16H2,1-4H3/p+2/t17-,19+/m0/s1. The smallest absolute Gasteiger partial charge is 0.126 e. The third-order valence-electron chi connectivity index (χ3n) is 5.43. The summed E-state index contributed by atoms with van der Waals surface area (Å²) in [5, 5.41) is 3.40. The van der Waals surface area contributed by atoms with Gasteiger partial charge in [0.05, 0.1) is 26.2 Å². The Labute approximate surface area is 159 Å². The van der Waals surface area contributed by atoms with E-state index < -0.39 is 0 Å². The molecule has 0 amide bonds. The van der Waals surface area contributed by atoms with E-state index in [1.807, 2.05) is 12.1 Å². The van der Waals surface area contributed by atoms with Crippen LogP contribution in [0.4, 0.5) is 0 Å². The molecule has 0 saturated carbocycles. The lowest BCUT2D eigenvalue weighted by Crippen LogP contribution is -3.09. The first-order chi connectivity index (χ1) is 11.9. The van der Waals surface area contributed by atoms with Gasteiger partial charge in [-0.1, -0.05) is 29.8 Å². The number of rotatable bonds is 9. The maximum atomic E-state index is 6.45. The Morgan fingerprint density at radius 1 is 1.28 bits per heavy atom. The molecule has 1 aliphatic rings. The molecular formula is C21H37ClN2O+2. The van der Waals surface area contributed by atoms with Gasteiger partial charge in [-0.25, -0.2) is 0 Å². The van der Waals surface area contributed by atoms with Gasteiger partial charge in [-0.15, -0.1) is 0 Å². The first-order valence-corrected chi connectivity index (χ1v) is 10.2. The van der Waals surface area contributed by atoms with Gasteiger partial charge in [0.2, 0.25) is 0 Å². The number of likely N-dealkylation sites (N-methyl/N-ethyl adjacent to an activating group) is 1. The van der Waals surface area contributed by atoms with Crippen LogP contribution in [0.5, 0.6) is 0 Å². The maximum Gasteiger partial charge on any atom is 0.126 e. The van der Waals surface area contributed by atoms with Gasteiger partial charge in [0, 0.05) is 11.6 Å². The minimum Gasteiger partial charge on any atom is -0.376 e. The second kappa shape index (κ2) is 9.91. The monoisotopic (exact) mass is 368 g/mol. The van der Waals surface area contributed by atoms with E-state index in [2.05, 4.69) is 45.4 Å². The number of nitrogens with two attached hydrogens (primary N) is 1. The van der Waals surface area contributed by atoms with Crippen LogP contribution in [-0.4, -0.2) is 45.9 Å². The zero-order valence-corrected chi connectivity index (χ0v) is 17.2. The minimum atomic E-state index is 0.0135. The van der Waals surface area contributed by atoms with Crippen molar-refractivity contribution in [2.75, 3.05) is 40.3 Å². The molecule has 1 fully saturated rings. The molecule has 3 nitrogen and oxygen atoms in total. The Morgan fingerprint density at radius 2 is 2.04 bits per heavy atom. The van der Waals surface area contributed by atoms with E-state index in [-0.39, 0.29) is 5.60 Å². The lowest BCUT2D eigenvalue weighted by atomic mass is 9.75. The lowest BCUT2D eigenvalue weighted by molar-refractivity contribution is -0.874. The summed E-state index contributed by atoms with van der Waals surface area (Å²) in [4.78, 5) is 1.52. The first-order valence-electron chi connectivity index (χ1n) is 9.85. The van der Waals surface area contributed by atoms with Crippen molar-refractivity contribution in [2.45, 2.75) is 45.1 Å². The fraction of sp³-hybridized carbons (Fsp3) is 0.714. The molecule has 0 aromatic heterocycles. The van der Waals surface area contributed by atoms with Crippen LogP contribution in [0.25, 0.3) is 0 Å². The lowest BCUT2D eigenvalue weighted by Gasteiger charge is -2.39. The molecule has 1 aromatic carbocycles. The van der Waals surface area contributed by atoms with Crippen molar-refractivity contribution < 1.29 is 15.0 Å². The van der Waals surface area contributed by atoms with Gasteiger partial charge in [0.15, 0.2) is 0 Å². The molecule has 3 N–H and O–H groups in total. The van der Waals surface area contributed by atoms with Crippen molar-refractivity contribution >= 4 is 11.6 Å². The predicted octanol–water partition coefficient (Wildman–Crippen LogP) is 1.80. The molecule has 25 heavy (non-hydrogen) atoms. The number of hydrogen-bond donors (Lipinski definition) is 2. The van der Waals surface area contributed by atoms with Gasteiger partial charge in [0.25, 0.3) is 0 Å². The number of ether oxygens (including phenoxy) is 1. The molecule has 0 spiro atoms. The van der Waals surface area contributed by atoms with Gasteiger partial charge in [0.1, 0.15) is 13.1 Å².